The lowest BCUT2D eigenvalue weighted by Gasteiger charge is -2.17. The number of nitrogens with zero attached hydrogens (tertiary/aromatic N) is 2. The molecule has 0 aliphatic carbocycles. The standard InChI is InChI=1S/C26H14F8N2O3S2/c1-41(38,39)23-7-3-13(8-18(23)26(32,33)34)21-5-6-22(40-21)20-10-17(25(29,30)31)16(11-35)24(37)36(20)12-14-2-4-15(27)9-19(14)28/h2-10H,12H2,1H3. The van der Waals surface area contributed by atoms with Gasteiger partial charge >= 0.3 is 12.4 Å². The average Bonchev–Trinajstić information content (AvgIpc) is 3.34. The third kappa shape index (κ3) is 6.03. The van der Waals surface area contributed by atoms with Crippen LogP contribution in [0.1, 0.15) is 22.3 Å². The molecular formula is C26H14F8N2O3S2. The van der Waals surface area contributed by atoms with Crippen LogP contribution in [0.15, 0.2) is 64.3 Å². The summed E-state index contributed by atoms with van der Waals surface area (Å²) in [6, 6.07) is 8.89. The van der Waals surface area contributed by atoms with Crippen molar-refractivity contribution in [1.82, 2.24) is 4.57 Å². The summed E-state index contributed by atoms with van der Waals surface area (Å²) in [5.74, 6) is -2.06. The molecule has 0 atom stereocenters. The lowest BCUT2D eigenvalue weighted by atomic mass is 10.1. The van der Waals surface area contributed by atoms with E-state index in [-0.39, 0.29) is 20.9 Å². The Morgan fingerprint density at radius 1 is 0.878 bits per heavy atom. The molecule has 214 valence electrons. The maximum absolute atomic E-state index is 14.4. The summed E-state index contributed by atoms with van der Waals surface area (Å²) >= 11 is 0.664. The fourth-order valence-electron chi connectivity index (χ4n) is 4.02. The van der Waals surface area contributed by atoms with Gasteiger partial charge < -0.3 is 4.57 Å². The first-order valence-corrected chi connectivity index (χ1v) is 13.8. The lowest BCUT2D eigenvalue weighted by Crippen LogP contribution is -2.28. The molecule has 0 saturated heterocycles. The van der Waals surface area contributed by atoms with Crippen molar-refractivity contribution in [2.45, 2.75) is 23.8 Å². The molecule has 0 N–H and O–H groups in total. The number of hydrogen-bond acceptors (Lipinski definition) is 5. The van der Waals surface area contributed by atoms with Gasteiger partial charge in [-0.05, 0) is 42.0 Å². The maximum atomic E-state index is 14.4. The quantitative estimate of drug-likeness (QED) is 0.229. The van der Waals surface area contributed by atoms with E-state index < -0.39 is 73.2 Å². The Balaban J connectivity index is 1.94. The van der Waals surface area contributed by atoms with E-state index >= 15 is 0 Å². The SMILES string of the molecule is CS(=O)(=O)c1ccc(-c2ccc(-c3cc(C(F)(F)F)c(C#N)c(=O)n3Cc3ccc(F)cc3F)s2)cc1C(F)(F)F. The summed E-state index contributed by atoms with van der Waals surface area (Å²) in [5.41, 5.74) is -6.58. The van der Waals surface area contributed by atoms with Crippen LogP contribution in [0.25, 0.3) is 21.0 Å². The molecule has 0 amide bonds. The molecule has 2 heterocycles. The highest BCUT2D eigenvalue weighted by molar-refractivity contribution is 7.90. The average molecular weight is 619 g/mol. The minimum Gasteiger partial charge on any atom is -0.302 e. The maximum Gasteiger partial charge on any atom is 0.417 e. The van der Waals surface area contributed by atoms with Crippen LogP contribution in [0.2, 0.25) is 0 Å². The molecule has 15 heteroatoms. The van der Waals surface area contributed by atoms with Crippen molar-refractivity contribution in [1.29, 1.82) is 5.26 Å². The third-order valence-corrected chi connectivity index (χ3v) is 8.20. The van der Waals surface area contributed by atoms with Gasteiger partial charge in [-0.2, -0.15) is 31.6 Å². The Morgan fingerprint density at radius 3 is 2.07 bits per heavy atom. The molecule has 0 unspecified atom stereocenters. The summed E-state index contributed by atoms with van der Waals surface area (Å²) in [4.78, 5) is 12.1. The van der Waals surface area contributed by atoms with Crippen molar-refractivity contribution in [3.05, 3.63) is 98.8 Å². The summed E-state index contributed by atoms with van der Waals surface area (Å²) in [6.45, 7) is -0.707. The highest BCUT2D eigenvalue weighted by Gasteiger charge is 2.38. The molecule has 2 aromatic heterocycles. The van der Waals surface area contributed by atoms with Crippen LogP contribution in [0.5, 0.6) is 0 Å². The predicted octanol–water partition coefficient (Wildman–Crippen LogP) is 6.88. The van der Waals surface area contributed by atoms with Crippen LogP contribution >= 0.6 is 11.3 Å². The number of benzene rings is 2. The highest BCUT2D eigenvalue weighted by atomic mass is 32.2. The Morgan fingerprint density at radius 2 is 1.51 bits per heavy atom. The van der Waals surface area contributed by atoms with E-state index in [4.69, 9.17) is 0 Å². The summed E-state index contributed by atoms with van der Waals surface area (Å²) in [6.07, 6.45) is -9.60. The van der Waals surface area contributed by atoms with E-state index in [9.17, 15) is 53.6 Å². The van der Waals surface area contributed by atoms with Crippen molar-refractivity contribution < 1.29 is 43.5 Å². The van der Waals surface area contributed by atoms with Gasteiger partial charge in [0.15, 0.2) is 9.84 Å². The fraction of sp³-hybridized carbons (Fsp3) is 0.154. The van der Waals surface area contributed by atoms with Crippen LogP contribution in [0, 0.1) is 23.0 Å². The molecule has 4 aromatic rings. The zero-order chi connectivity index (χ0) is 30.5. The molecule has 0 bridgehead atoms. The first kappa shape index (κ1) is 29.9. The zero-order valence-corrected chi connectivity index (χ0v) is 22.0. The van der Waals surface area contributed by atoms with Gasteiger partial charge in [0.1, 0.15) is 23.3 Å². The van der Waals surface area contributed by atoms with Gasteiger partial charge in [-0.1, -0.05) is 12.1 Å². The van der Waals surface area contributed by atoms with Crippen LogP contribution in [0.4, 0.5) is 35.1 Å². The second-order valence-electron chi connectivity index (χ2n) is 8.70. The van der Waals surface area contributed by atoms with Gasteiger partial charge in [-0.15, -0.1) is 11.3 Å². The van der Waals surface area contributed by atoms with Gasteiger partial charge in [0.25, 0.3) is 5.56 Å². The Kier molecular flexibility index (Phi) is 7.61. The van der Waals surface area contributed by atoms with E-state index in [1.54, 1.807) is 0 Å². The normalized spacial score (nSPS) is 12.4. The van der Waals surface area contributed by atoms with Crippen molar-refractivity contribution in [3.63, 3.8) is 0 Å². The van der Waals surface area contributed by atoms with Crippen molar-refractivity contribution in [2.24, 2.45) is 0 Å². The van der Waals surface area contributed by atoms with Gasteiger partial charge in [-0.3, -0.25) is 4.79 Å². The van der Waals surface area contributed by atoms with Gasteiger partial charge in [-0.25, -0.2) is 17.2 Å². The first-order valence-electron chi connectivity index (χ1n) is 11.1. The zero-order valence-electron chi connectivity index (χ0n) is 20.4. The fourth-order valence-corrected chi connectivity index (χ4v) is 5.94. The van der Waals surface area contributed by atoms with Crippen molar-refractivity contribution in [3.8, 4) is 27.1 Å². The number of rotatable bonds is 5. The first-order chi connectivity index (χ1) is 18.9. The van der Waals surface area contributed by atoms with Crippen LogP contribution in [0.3, 0.4) is 0 Å². The topological polar surface area (TPSA) is 79.9 Å². The third-order valence-electron chi connectivity index (χ3n) is 5.89. The molecule has 0 aliphatic rings. The van der Waals surface area contributed by atoms with Crippen molar-refractivity contribution >= 4 is 21.2 Å². The smallest absolute Gasteiger partial charge is 0.302 e. The summed E-state index contributed by atoms with van der Waals surface area (Å²) in [7, 11) is -4.27. The number of aromatic nitrogens is 1. The molecule has 0 saturated carbocycles. The number of thiophene rings is 1. The number of nitriles is 1. The molecule has 4 rings (SSSR count). The van der Waals surface area contributed by atoms with E-state index in [2.05, 4.69) is 0 Å². The Labute approximate surface area is 230 Å². The Bertz CT molecular complexity index is 1880. The number of alkyl halides is 6. The lowest BCUT2D eigenvalue weighted by molar-refractivity contribution is -0.140. The molecule has 0 radical (unpaired) electrons. The molecule has 41 heavy (non-hydrogen) atoms. The second-order valence-corrected chi connectivity index (χ2v) is 11.8. The van der Waals surface area contributed by atoms with E-state index in [1.807, 2.05) is 0 Å². The molecule has 5 nitrogen and oxygen atoms in total. The van der Waals surface area contributed by atoms with Gasteiger partial charge in [0, 0.05) is 22.8 Å². The molecule has 2 aromatic carbocycles. The van der Waals surface area contributed by atoms with E-state index in [0.29, 0.717) is 40.4 Å². The summed E-state index contributed by atoms with van der Waals surface area (Å²) < 4.78 is 135. The number of sulfone groups is 1. The van der Waals surface area contributed by atoms with E-state index in [1.165, 1.54) is 18.2 Å². The largest absolute Gasteiger partial charge is 0.417 e. The van der Waals surface area contributed by atoms with Gasteiger partial charge in [0.2, 0.25) is 0 Å². The van der Waals surface area contributed by atoms with Crippen LogP contribution in [-0.2, 0) is 28.7 Å². The number of pyridine rings is 1. The Hall–Kier alpha value is -4.03. The monoisotopic (exact) mass is 618 g/mol. The molecule has 0 fully saturated rings. The summed E-state index contributed by atoms with van der Waals surface area (Å²) in [5, 5.41) is 9.31. The minimum absolute atomic E-state index is 0.0652. The second kappa shape index (κ2) is 10.4. The highest BCUT2D eigenvalue weighted by Crippen LogP contribution is 2.41. The molecular weight excluding hydrogens is 604 g/mol. The van der Waals surface area contributed by atoms with Gasteiger partial charge in [0.05, 0.1) is 33.1 Å². The van der Waals surface area contributed by atoms with Crippen molar-refractivity contribution in [2.75, 3.05) is 6.26 Å². The molecule has 0 aliphatic heterocycles. The number of hydrogen-bond donors (Lipinski definition) is 0. The van der Waals surface area contributed by atoms with Crippen LogP contribution in [-0.4, -0.2) is 19.2 Å². The molecule has 0 spiro atoms. The van der Waals surface area contributed by atoms with Crippen LogP contribution < -0.4 is 5.56 Å². The minimum atomic E-state index is -5.15. The van der Waals surface area contributed by atoms with E-state index in [0.717, 1.165) is 24.3 Å². The predicted molar refractivity (Wildman–Crippen MR) is 133 cm³/mol. The number of halogens is 8.